The Bertz CT molecular complexity index is 1040. The summed E-state index contributed by atoms with van der Waals surface area (Å²) in [5, 5.41) is 16.7. The van der Waals surface area contributed by atoms with Crippen molar-refractivity contribution in [3.63, 3.8) is 0 Å². The highest BCUT2D eigenvalue weighted by molar-refractivity contribution is 5.67. The van der Waals surface area contributed by atoms with E-state index in [1.807, 2.05) is 24.7 Å². The molecule has 4 rings (SSSR count). The highest BCUT2D eigenvalue weighted by Gasteiger charge is 2.22. The third kappa shape index (κ3) is 2.62. The molecule has 0 amide bonds. The van der Waals surface area contributed by atoms with Crippen LogP contribution in [0, 0.1) is 11.3 Å². The fourth-order valence-corrected chi connectivity index (χ4v) is 3.86. The van der Waals surface area contributed by atoms with E-state index >= 15 is 0 Å². The molecule has 3 aromatic heterocycles. The van der Waals surface area contributed by atoms with Gasteiger partial charge in [0, 0.05) is 23.5 Å². The Morgan fingerprint density at radius 2 is 2.08 bits per heavy atom. The highest BCUT2D eigenvalue weighted by Crippen LogP contribution is 2.30. The van der Waals surface area contributed by atoms with E-state index < -0.39 is 0 Å². The van der Waals surface area contributed by atoms with Crippen molar-refractivity contribution < 1.29 is 0 Å². The first kappa shape index (κ1) is 16.6. The smallest absolute Gasteiger partial charge is 0.276 e. The molecule has 0 aromatic carbocycles. The van der Waals surface area contributed by atoms with E-state index in [4.69, 9.17) is 0 Å². The molecule has 1 saturated carbocycles. The summed E-state index contributed by atoms with van der Waals surface area (Å²) in [6.07, 6.45) is 11.4. The number of aromatic nitrogens is 5. The van der Waals surface area contributed by atoms with E-state index in [0.717, 1.165) is 18.4 Å². The van der Waals surface area contributed by atoms with Gasteiger partial charge in [-0.25, -0.2) is 9.50 Å². The number of nitrogens with one attached hydrogen (secondary N) is 1. The van der Waals surface area contributed by atoms with Gasteiger partial charge in [0.05, 0.1) is 17.9 Å². The van der Waals surface area contributed by atoms with Gasteiger partial charge in [0.1, 0.15) is 11.6 Å². The summed E-state index contributed by atoms with van der Waals surface area (Å²) in [4.78, 5) is 17.6. The number of H-pyrrole nitrogens is 1. The van der Waals surface area contributed by atoms with Gasteiger partial charge < -0.3 is 0 Å². The number of aromatic amines is 1. The molecular formula is C19H22N6O. The standard InChI is InChI=1S/C19H22N6O/c1-12(2)16-17(23-18-13(8-20)9-22-25(18)19(16)26)14-10-21-24(11-14)15-6-4-3-5-7-15/h9-12,15,22H,3-7H2,1-2H3. The van der Waals surface area contributed by atoms with Crippen LogP contribution in [0.4, 0.5) is 0 Å². The molecule has 0 radical (unpaired) electrons. The molecule has 7 heteroatoms. The molecule has 134 valence electrons. The summed E-state index contributed by atoms with van der Waals surface area (Å²) in [5.74, 6) is 0.00812. The predicted octanol–water partition coefficient (Wildman–Crippen LogP) is 3.39. The lowest BCUT2D eigenvalue weighted by Gasteiger charge is -2.21. The maximum atomic E-state index is 13.0. The van der Waals surface area contributed by atoms with E-state index in [1.165, 1.54) is 30.0 Å². The molecule has 26 heavy (non-hydrogen) atoms. The van der Waals surface area contributed by atoms with E-state index in [-0.39, 0.29) is 11.5 Å². The van der Waals surface area contributed by atoms with Crippen LogP contribution in [0.2, 0.25) is 0 Å². The van der Waals surface area contributed by atoms with E-state index in [2.05, 4.69) is 21.3 Å². The summed E-state index contributed by atoms with van der Waals surface area (Å²) < 4.78 is 3.37. The van der Waals surface area contributed by atoms with Crippen molar-refractivity contribution in [1.82, 2.24) is 24.4 Å². The van der Waals surface area contributed by atoms with Gasteiger partial charge >= 0.3 is 0 Å². The molecule has 0 spiro atoms. The minimum atomic E-state index is -0.160. The molecule has 0 bridgehead atoms. The summed E-state index contributed by atoms with van der Waals surface area (Å²) in [6, 6.07) is 2.51. The second kappa shape index (κ2) is 6.45. The van der Waals surface area contributed by atoms with E-state index in [9.17, 15) is 10.1 Å². The monoisotopic (exact) mass is 350 g/mol. The first-order valence-corrected chi connectivity index (χ1v) is 9.18. The Morgan fingerprint density at radius 3 is 2.77 bits per heavy atom. The molecule has 0 unspecified atom stereocenters. The predicted molar refractivity (Wildman–Crippen MR) is 98.0 cm³/mol. The third-order valence-corrected chi connectivity index (χ3v) is 5.22. The SMILES string of the molecule is CC(C)c1c(-c2cnn(C3CCCCC3)c2)nc2c(C#N)c[nH]n2c1=O. The van der Waals surface area contributed by atoms with Gasteiger partial charge in [0.25, 0.3) is 5.56 Å². The van der Waals surface area contributed by atoms with Crippen LogP contribution < -0.4 is 5.56 Å². The lowest BCUT2D eigenvalue weighted by Crippen LogP contribution is -2.22. The number of nitrogens with zero attached hydrogens (tertiary/aromatic N) is 5. The third-order valence-electron chi connectivity index (χ3n) is 5.22. The second-order valence-electron chi connectivity index (χ2n) is 7.29. The zero-order valence-electron chi connectivity index (χ0n) is 15.1. The minimum Gasteiger partial charge on any atom is -0.295 e. The van der Waals surface area contributed by atoms with Gasteiger partial charge in [0.2, 0.25) is 0 Å². The van der Waals surface area contributed by atoms with Crippen molar-refractivity contribution >= 4 is 5.65 Å². The quantitative estimate of drug-likeness (QED) is 0.784. The van der Waals surface area contributed by atoms with Crippen LogP contribution in [-0.2, 0) is 0 Å². The molecule has 1 aliphatic carbocycles. The Balaban J connectivity index is 1.87. The van der Waals surface area contributed by atoms with Crippen molar-refractivity contribution in [2.45, 2.75) is 57.9 Å². The highest BCUT2D eigenvalue weighted by atomic mass is 16.1. The molecule has 1 fully saturated rings. The number of rotatable bonds is 3. The topological polar surface area (TPSA) is 91.8 Å². The van der Waals surface area contributed by atoms with Crippen molar-refractivity contribution in [2.75, 3.05) is 0 Å². The van der Waals surface area contributed by atoms with Crippen LogP contribution in [0.15, 0.2) is 23.4 Å². The maximum Gasteiger partial charge on any atom is 0.276 e. The van der Waals surface area contributed by atoms with Gasteiger partial charge in [-0.15, -0.1) is 0 Å². The number of nitriles is 1. The molecule has 7 nitrogen and oxygen atoms in total. The zero-order chi connectivity index (χ0) is 18.3. The molecule has 0 saturated heterocycles. The van der Waals surface area contributed by atoms with Crippen LogP contribution in [0.25, 0.3) is 16.9 Å². The van der Waals surface area contributed by atoms with E-state index in [0.29, 0.717) is 28.5 Å². The van der Waals surface area contributed by atoms with Gasteiger partial charge in [-0.2, -0.15) is 10.4 Å². The molecule has 3 heterocycles. The zero-order valence-corrected chi connectivity index (χ0v) is 15.1. The summed E-state index contributed by atoms with van der Waals surface area (Å²) in [5.41, 5.74) is 2.66. The summed E-state index contributed by atoms with van der Waals surface area (Å²) in [6.45, 7) is 3.96. The van der Waals surface area contributed by atoms with Crippen molar-refractivity contribution in [3.8, 4) is 17.3 Å². The molecule has 3 aromatic rings. The van der Waals surface area contributed by atoms with Crippen molar-refractivity contribution in [1.29, 1.82) is 5.26 Å². The van der Waals surface area contributed by atoms with Crippen LogP contribution in [-0.4, -0.2) is 24.4 Å². The Kier molecular flexibility index (Phi) is 4.11. The average molecular weight is 350 g/mol. The van der Waals surface area contributed by atoms with Gasteiger partial charge in [-0.05, 0) is 18.8 Å². The molecular weight excluding hydrogens is 328 g/mol. The summed E-state index contributed by atoms with van der Waals surface area (Å²) >= 11 is 0. The number of fused-ring (bicyclic) bond motifs is 1. The fourth-order valence-electron chi connectivity index (χ4n) is 3.86. The van der Waals surface area contributed by atoms with Gasteiger partial charge in [-0.1, -0.05) is 33.1 Å². The van der Waals surface area contributed by atoms with Crippen LogP contribution in [0.3, 0.4) is 0 Å². The van der Waals surface area contributed by atoms with Crippen molar-refractivity contribution in [3.05, 3.63) is 40.1 Å². The Labute approximate surface area is 151 Å². The molecule has 1 aliphatic rings. The van der Waals surface area contributed by atoms with Gasteiger partial charge in [0.15, 0.2) is 5.65 Å². The van der Waals surface area contributed by atoms with Crippen LogP contribution in [0.5, 0.6) is 0 Å². The molecule has 0 atom stereocenters. The Hall–Kier alpha value is -2.88. The second-order valence-corrected chi connectivity index (χ2v) is 7.29. The number of hydrogen-bond acceptors (Lipinski definition) is 4. The van der Waals surface area contributed by atoms with Crippen LogP contribution >= 0.6 is 0 Å². The number of hydrogen-bond donors (Lipinski definition) is 1. The summed E-state index contributed by atoms with van der Waals surface area (Å²) in [7, 11) is 0. The van der Waals surface area contributed by atoms with Crippen LogP contribution in [0.1, 0.15) is 69.0 Å². The van der Waals surface area contributed by atoms with Gasteiger partial charge in [-0.3, -0.25) is 14.6 Å². The first-order chi connectivity index (χ1) is 12.6. The fraction of sp³-hybridized carbons (Fsp3) is 0.474. The minimum absolute atomic E-state index is 0.00812. The first-order valence-electron chi connectivity index (χ1n) is 9.18. The average Bonchev–Trinajstić information content (AvgIpc) is 3.29. The maximum absolute atomic E-state index is 13.0. The largest absolute Gasteiger partial charge is 0.295 e. The normalized spacial score (nSPS) is 15.6. The molecule has 1 N–H and O–H groups in total. The lowest BCUT2D eigenvalue weighted by molar-refractivity contribution is 0.329. The molecule has 0 aliphatic heterocycles. The van der Waals surface area contributed by atoms with Crippen molar-refractivity contribution in [2.24, 2.45) is 0 Å². The van der Waals surface area contributed by atoms with E-state index in [1.54, 1.807) is 6.20 Å². The Morgan fingerprint density at radius 1 is 1.31 bits per heavy atom. The lowest BCUT2D eigenvalue weighted by atomic mass is 9.95.